The zero-order chi connectivity index (χ0) is 21.1. The van der Waals surface area contributed by atoms with Crippen LogP contribution in [0.4, 0.5) is 8.78 Å². The average Bonchev–Trinajstić information content (AvgIpc) is 2.70. The standard InChI is InChI=1S/C21H20F2N2O4/c1-12(2)11-29-21(27)14-10-25(9-13-15(22)5-4-6-16(13)23)17-7-8-18(28-3)24-19(17)20(14)26/h4-8,10,12H,9,11H2,1-3H3. The van der Waals surface area contributed by atoms with Crippen LogP contribution in [-0.2, 0) is 11.3 Å². The number of carbonyl (C=O) groups excluding carboxylic acids is 1. The van der Waals surface area contributed by atoms with E-state index < -0.39 is 23.0 Å². The fourth-order valence-electron chi connectivity index (χ4n) is 2.81. The number of fused-ring (bicyclic) bond motifs is 1. The van der Waals surface area contributed by atoms with Crippen molar-refractivity contribution in [2.45, 2.75) is 20.4 Å². The van der Waals surface area contributed by atoms with E-state index in [2.05, 4.69) is 4.98 Å². The van der Waals surface area contributed by atoms with Gasteiger partial charge in [-0.05, 0) is 24.1 Å². The first kappa shape index (κ1) is 20.4. The number of hydrogen-bond donors (Lipinski definition) is 0. The largest absolute Gasteiger partial charge is 0.481 e. The number of ether oxygens (including phenoxy) is 2. The van der Waals surface area contributed by atoms with E-state index >= 15 is 0 Å². The monoisotopic (exact) mass is 402 g/mol. The van der Waals surface area contributed by atoms with Crippen LogP contribution in [0.5, 0.6) is 5.88 Å². The van der Waals surface area contributed by atoms with Crippen molar-refractivity contribution in [1.82, 2.24) is 9.55 Å². The second-order valence-corrected chi connectivity index (χ2v) is 6.91. The molecule has 1 aromatic carbocycles. The van der Waals surface area contributed by atoms with Gasteiger partial charge < -0.3 is 14.0 Å². The van der Waals surface area contributed by atoms with Gasteiger partial charge in [0.05, 0.1) is 25.8 Å². The summed E-state index contributed by atoms with van der Waals surface area (Å²) in [5.41, 5.74) is -0.859. The van der Waals surface area contributed by atoms with Gasteiger partial charge in [0.1, 0.15) is 22.7 Å². The number of halogens is 2. The third kappa shape index (κ3) is 4.26. The zero-order valence-corrected chi connectivity index (χ0v) is 16.2. The number of benzene rings is 1. The molecule has 0 aliphatic rings. The van der Waals surface area contributed by atoms with Crippen molar-refractivity contribution < 1.29 is 23.0 Å². The quantitative estimate of drug-likeness (QED) is 0.590. The topological polar surface area (TPSA) is 70.4 Å². The van der Waals surface area contributed by atoms with Crippen molar-refractivity contribution >= 4 is 17.0 Å². The van der Waals surface area contributed by atoms with E-state index in [1.165, 1.54) is 30.0 Å². The lowest BCUT2D eigenvalue weighted by Gasteiger charge is -2.15. The summed E-state index contributed by atoms with van der Waals surface area (Å²) in [6.07, 6.45) is 1.24. The highest BCUT2D eigenvalue weighted by Gasteiger charge is 2.20. The van der Waals surface area contributed by atoms with Gasteiger partial charge in [0.15, 0.2) is 0 Å². The van der Waals surface area contributed by atoms with Gasteiger partial charge in [-0.15, -0.1) is 0 Å². The van der Waals surface area contributed by atoms with E-state index in [0.29, 0.717) is 5.52 Å². The minimum absolute atomic E-state index is 0.0555. The third-order valence-electron chi connectivity index (χ3n) is 4.27. The number of methoxy groups -OCH3 is 1. The molecule has 0 saturated heterocycles. The molecule has 3 aromatic rings. The van der Waals surface area contributed by atoms with Crippen LogP contribution >= 0.6 is 0 Å². The molecule has 152 valence electrons. The van der Waals surface area contributed by atoms with Crippen molar-refractivity contribution in [3.8, 4) is 5.88 Å². The van der Waals surface area contributed by atoms with Crippen LogP contribution in [0.25, 0.3) is 11.0 Å². The molecule has 8 heteroatoms. The molecule has 0 saturated carbocycles. The lowest BCUT2D eigenvalue weighted by Crippen LogP contribution is -2.23. The Morgan fingerprint density at radius 1 is 1.17 bits per heavy atom. The van der Waals surface area contributed by atoms with E-state index in [4.69, 9.17) is 9.47 Å². The summed E-state index contributed by atoms with van der Waals surface area (Å²) >= 11 is 0. The molecule has 0 aliphatic heterocycles. The Morgan fingerprint density at radius 2 is 1.86 bits per heavy atom. The van der Waals surface area contributed by atoms with Gasteiger partial charge in [0, 0.05) is 17.8 Å². The van der Waals surface area contributed by atoms with Crippen LogP contribution in [-0.4, -0.2) is 29.2 Å². The average molecular weight is 402 g/mol. The maximum Gasteiger partial charge on any atom is 0.343 e. The number of hydrogen-bond acceptors (Lipinski definition) is 5. The van der Waals surface area contributed by atoms with Gasteiger partial charge >= 0.3 is 5.97 Å². The minimum Gasteiger partial charge on any atom is -0.481 e. The second-order valence-electron chi connectivity index (χ2n) is 6.91. The molecular weight excluding hydrogens is 382 g/mol. The summed E-state index contributed by atoms with van der Waals surface area (Å²) < 4.78 is 39.9. The Kier molecular flexibility index (Phi) is 5.91. The van der Waals surface area contributed by atoms with Gasteiger partial charge in [-0.2, -0.15) is 0 Å². The third-order valence-corrected chi connectivity index (χ3v) is 4.27. The summed E-state index contributed by atoms with van der Waals surface area (Å²) in [5.74, 6) is -2.04. The first-order chi connectivity index (χ1) is 13.8. The maximum absolute atomic E-state index is 14.2. The van der Waals surface area contributed by atoms with Crippen LogP contribution < -0.4 is 10.2 Å². The van der Waals surface area contributed by atoms with E-state index in [9.17, 15) is 18.4 Å². The fraction of sp³-hybridized carbons (Fsp3) is 0.286. The molecule has 6 nitrogen and oxygen atoms in total. The van der Waals surface area contributed by atoms with Gasteiger partial charge in [-0.1, -0.05) is 19.9 Å². The van der Waals surface area contributed by atoms with E-state index in [1.54, 1.807) is 6.07 Å². The second kappa shape index (κ2) is 8.38. The van der Waals surface area contributed by atoms with Crippen molar-refractivity contribution in [2.75, 3.05) is 13.7 Å². The molecule has 3 rings (SSSR count). The molecule has 0 fully saturated rings. The van der Waals surface area contributed by atoms with Crippen molar-refractivity contribution in [2.24, 2.45) is 5.92 Å². The Morgan fingerprint density at radius 3 is 2.48 bits per heavy atom. The number of nitrogens with zero attached hydrogens (tertiary/aromatic N) is 2. The summed E-state index contributed by atoms with van der Waals surface area (Å²) in [5, 5.41) is 0. The van der Waals surface area contributed by atoms with Crippen LogP contribution in [0.1, 0.15) is 29.8 Å². The molecule has 0 N–H and O–H groups in total. The van der Waals surface area contributed by atoms with Gasteiger partial charge in [0.25, 0.3) is 0 Å². The predicted octanol–water partition coefficient (Wildman–Crippen LogP) is 3.54. The molecule has 29 heavy (non-hydrogen) atoms. The highest BCUT2D eigenvalue weighted by Crippen LogP contribution is 2.19. The number of esters is 1. The Hall–Kier alpha value is -3.29. The van der Waals surface area contributed by atoms with Crippen molar-refractivity contribution in [3.63, 3.8) is 0 Å². The van der Waals surface area contributed by atoms with Gasteiger partial charge in [-0.3, -0.25) is 4.79 Å². The number of rotatable bonds is 6. The smallest absolute Gasteiger partial charge is 0.343 e. The molecule has 2 aromatic heterocycles. The molecule has 0 aliphatic carbocycles. The highest BCUT2D eigenvalue weighted by atomic mass is 19.1. The molecule has 0 amide bonds. The zero-order valence-electron chi connectivity index (χ0n) is 16.2. The van der Waals surface area contributed by atoms with Crippen molar-refractivity contribution in [3.05, 3.63) is 69.5 Å². The van der Waals surface area contributed by atoms with E-state index in [0.717, 1.165) is 12.1 Å². The van der Waals surface area contributed by atoms with Crippen LogP contribution in [0, 0.1) is 17.6 Å². The van der Waals surface area contributed by atoms with Crippen LogP contribution in [0.2, 0.25) is 0 Å². The lowest BCUT2D eigenvalue weighted by molar-refractivity contribution is 0.0456. The lowest BCUT2D eigenvalue weighted by atomic mass is 10.1. The normalized spacial score (nSPS) is 11.1. The molecule has 0 bridgehead atoms. The van der Waals surface area contributed by atoms with E-state index in [-0.39, 0.29) is 41.6 Å². The summed E-state index contributed by atoms with van der Waals surface area (Å²) in [4.78, 5) is 29.4. The Balaban J connectivity index is 2.18. The van der Waals surface area contributed by atoms with Crippen LogP contribution in [0.15, 0.2) is 41.3 Å². The highest BCUT2D eigenvalue weighted by molar-refractivity contribution is 5.92. The first-order valence-electron chi connectivity index (χ1n) is 9.00. The molecule has 0 radical (unpaired) electrons. The molecule has 2 heterocycles. The number of aromatic nitrogens is 2. The molecule has 0 unspecified atom stereocenters. The SMILES string of the molecule is COc1ccc2c(n1)c(=O)c(C(=O)OCC(C)C)cn2Cc1c(F)cccc1F. The summed E-state index contributed by atoms with van der Waals surface area (Å²) in [6, 6.07) is 6.61. The van der Waals surface area contributed by atoms with Gasteiger partial charge in [-0.25, -0.2) is 18.6 Å². The van der Waals surface area contributed by atoms with Gasteiger partial charge in [0.2, 0.25) is 11.3 Å². The Labute approximate surface area is 165 Å². The summed E-state index contributed by atoms with van der Waals surface area (Å²) in [6.45, 7) is 3.61. The number of pyridine rings is 2. The van der Waals surface area contributed by atoms with Crippen LogP contribution in [0.3, 0.4) is 0 Å². The first-order valence-corrected chi connectivity index (χ1v) is 9.00. The minimum atomic E-state index is -0.821. The maximum atomic E-state index is 14.2. The number of carbonyl (C=O) groups is 1. The molecular formula is C21H20F2N2O4. The van der Waals surface area contributed by atoms with E-state index in [1.807, 2.05) is 13.8 Å². The molecule has 0 atom stereocenters. The predicted molar refractivity (Wildman–Crippen MR) is 103 cm³/mol. The molecule has 0 spiro atoms. The van der Waals surface area contributed by atoms with Crippen molar-refractivity contribution in [1.29, 1.82) is 0 Å². The Bertz CT molecular complexity index is 1110. The summed E-state index contributed by atoms with van der Waals surface area (Å²) in [7, 11) is 1.39. The fourth-order valence-corrected chi connectivity index (χ4v) is 2.81.